The molecule has 1 aromatic carbocycles. The van der Waals surface area contributed by atoms with Gasteiger partial charge in [-0.3, -0.25) is 9.20 Å². The van der Waals surface area contributed by atoms with Gasteiger partial charge in [0.05, 0.1) is 18.5 Å². The van der Waals surface area contributed by atoms with Gasteiger partial charge in [-0.1, -0.05) is 30.3 Å². The molecule has 0 atom stereocenters. The second-order valence-electron chi connectivity index (χ2n) is 6.91. The highest BCUT2D eigenvalue weighted by Crippen LogP contribution is 2.22. The topological polar surface area (TPSA) is 114 Å². The van der Waals surface area contributed by atoms with Gasteiger partial charge in [-0.15, -0.1) is 10.2 Å². The highest BCUT2D eigenvalue weighted by Gasteiger charge is 2.16. The van der Waals surface area contributed by atoms with Crippen LogP contribution in [-0.2, 0) is 24.2 Å². The number of para-hydroxylation sites is 1. The molecule has 0 saturated heterocycles. The molecule has 30 heavy (non-hydrogen) atoms. The zero-order chi connectivity index (χ0) is 20.5. The molecular weight excluding hydrogens is 382 g/mol. The normalized spacial score (nSPS) is 11.4. The predicted molar refractivity (Wildman–Crippen MR) is 110 cm³/mol. The van der Waals surface area contributed by atoms with Crippen molar-refractivity contribution in [2.24, 2.45) is 0 Å². The third-order valence-electron chi connectivity index (χ3n) is 4.99. The Hall–Kier alpha value is -4.01. The van der Waals surface area contributed by atoms with Crippen molar-refractivity contribution in [3.05, 3.63) is 66.0 Å². The number of carbonyl (C=O) groups is 1. The molecule has 0 aliphatic heterocycles. The van der Waals surface area contributed by atoms with Crippen LogP contribution in [-0.4, -0.2) is 35.6 Å². The fraction of sp³-hybridized carbons (Fsp3) is 0.190. The smallest absolute Gasteiger partial charge is 0.261 e. The maximum absolute atomic E-state index is 12.5. The predicted octanol–water partition coefficient (Wildman–Crippen LogP) is 2.68. The summed E-state index contributed by atoms with van der Waals surface area (Å²) in [6, 6.07) is 11.6. The molecule has 0 saturated carbocycles. The number of aromatic nitrogens is 6. The lowest BCUT2D eigenvalue weighted by Gasteiger charge is -2.04. The second kappa shape index (κ2) is 7.43. The molecule has 0 unspecified atom stereocenters. The molecule has 4 aromatic heterocycles. The number of rotatable bonds is 6. The van der Waals surface area contributed by atoms with E-state index >= 15 is 0 Å². The SMILES string of the molecule is CCc1noc(-c2cccn3c(CNC(=O)Cc4c[nH]c5ccccc45)nnc23)n1. The van der Waals surface area contributed by atoms with Gasteiger partial charge in [-0.2, -0.15) is 4.98 Å². The number of pyridine rings is 1. The van der Waals surface area contributed by atoms with Crippen molar-refractivity contribution in [1.29, 1.82) is 0 Å². The van der Waals surface area contributed by atoms with Crippen LogP contribution in [0.4, 0.5) is 0 Å². The lowest BCUT2D eigenvalue weighted by atomic mass is 10.1. The highest BCUT2D eigenvalue weighted by molar-refractivity contribution is 5.88. The van der Waals surface area contributed by atoms with Crippen LogP contribution in [0.25, 0.3) is 28.0 Å². The number of aromatic amines is 1. The van der Waals surface area contributed by atoms with Gasteiger partial charge in [0.2, 0.25) is 5.91 Å². The summed E-state index contributed by atoms with van der Waals surface area (Å²) in [7, 11) is 0. The van der Waals surface area contributed by atoms with Crippen molar-refractivity contribution < 1.29 is 9.32 Å². The molecule has 0 aliphatic carbocycles. The first-order valence-electron chi connectivity index (χ1n) is 9.70. The van der Waals surface area contributed by atoms with Gasteiger partial charge in [0.25, 0.3) is 5.89 Å². The Morgan fingerprint density at radius 3 is 2.97 bits per heavy atom. The van der Waals surface area contributed by atoms with Crippen molar-refractivity contribution in [3.8, 4) is 11.5 Å². The van der Waals surface area contributed by atoms with E-state index in [4.69, 9.17) is 4.52 Å². The monoisotopic (exact) mass is 401 g/mol. The minimum atomic E-state index is -0.0860. The van der Waals surface area contributed by atoms with E-state index in [2.05, 4.69) is 30.6 Å². The van der Waals surface area contributed by atoms with Crippen LogP contribution >= 0.6 is 0 Å². The Morgan fingerprint density at radius 2 is 2.10 bits per heavy atom. The number of hydrogen-bond donors (Lipinski definition) is 2. The van der Waals surface area contributed by atoms with Crippen molar-refractivity contribution in [3.63, 3.8) is 0 Å². The van der Waals surface area contributed by atoms with Crippen LogP contribution in [0, 0.1) is 0 Å². The molecule has 9 heteroatoms. The van der Waals surface area contributed by atoms with E-state index < -0.39 is 0 Å². The van der Waals surface area contributed by atoms with E-state index in [-0.39, 0.29) is 18.9 Å². The molecule has 9 nitrogen and oxygen atoms in total. The minimum Gasteiger partial charge on any atom is -0.361 e. The van der Waals surface area contributed by atoms with E-state index in [0.717, 1.165) is 16.5 Å². The van der Waals surface area contributed by atoms with E-state index in [9.17, 15) is 4.79 Å². The maximum Gasteiger partial charge on any atom is 0.261 e. The average molecular weight is 401 g/mol. The summed E-state index contributed by atoms with van der Waals surface area (Å²) in [5.41, 5.74) is 3.28. The van der Waals surface area contributed by atoms with E-state index in [1.165, 1.54) is 0 Å². The van der Waals surface area contributed by atoms with Crippen molar-refractivity contribution >= 4 is 22.5 Å². The fourth-order valence-corrected chi connectivity index (χ4v) is 3.45. The Kier molecular flexibility index (Phi) is 4.47. The summed E-state index contributed by atoms with van der Waals surface area (Å²) in [6.45, 7) is 2.22. The standard InChI is InChI=1S/C21H19N7O2/c1-2-17-24-21(30-27-17)15-7-5-9-28-18(25-26-20(15)28)12-23-19(29)10-13-11-22-16-8-4-3-6-14(13)16/h3-9,11,22H,2,10,12H2,1H3,(H,23,29). The van der Waals surface area contributed by atoms with Gasteiger partial charge in [-0.25, -0.2) is 0 Å². The van der Waals surface area contributed by atoms with E-state index in [1.54, 1.807) is 0 Å². The maximum atomic E-state index is 12.5. The quantitative estimate of drug-likeness (QED) is 0.452. The highest BCUT2D eigenvalue weighted by atomic mass is 16.5. The van der Waals surface area contributed by atoms with Crippen molar-refractivity contribution in [2.45, 2.75) is 26.3 Å². The van der Waals surface area contributed by atoms with Gasteiger partial charge in [0, 0.05) is 29.7 Å². The summed E-state index contributed by atoms with van der Waals surface area (Å²) in [4.78, 5) is 20.1. The van der Waals surface area contributed by atoms with Gasteiger partial charge >= 0.3 is 0 Å². The number of benzene rings is 1. The summed E-state index contributed by atoms with van der Waals surface area (Å²) < 4.78 is 7.15. The molecule has 0 aliphatic rings. The average Bonchev–Trinajstić information content (AvgIpc) is 3.51. The zero-order valence-electron chi connectivity index (χ0n) is 16.3. The number of amides is 1. The number of fused-ring (bicyclic) bond motifs is 2. The first-order chi connectivity index (χ1) is 14.7. The van der Waals surface area contributed by atoms with Crippen LogP contribution in [0.3, 0.4) is 0 Å². The van der Waals surface area contributed by atoms with E-state index in [0.29, 0.717) is 35.2 Å². The van der Waals surface area contributed by atoms with Gasteiger partial charge in [0.1, 0.15) is 0 Å². The minimum absolute atomic E-state index is 0.0860. The molecule has 0 spiro atoms. The second-order valence-corrected chi connectivity index (χ2v) is 6.91. The molecule has 5 aromatic rings. The number of hydrogen-bond acceptors (Lipinski definition) is 6. The van der Waals surface area contributed by atoms with Crippen LogP contribution < -0.4 is 5.32 Å². The molecule has 2 N–H and O–H groups in total. The third-order valence-corrected chi connectivity index (χ3v) is 4.99. The van der Waals surface area contributed by atoms with Crippen LogP contribution in [0.5, 0.6) is 0 Å². The number of H-pyrrole nitrogens is 1. The molecule has 5 rings (SSSR count). The Balaban J connectivity index is 1.33. The number of nitrogens with one attached hydrogen (secondary N) is 2. The Labute approximate surface area is 171 Å². The number of nitrogens with zero attached hydrogens (tertiary/aromatic N) is 5. The van der Waals surface area contributed by atoms with Gasteiger partial charge in [-0.05, 0) is 23.8 Å². The summed E-state index contributed by atoms with van der Waals surface area (Å²) in [5.74, 6) is 1.57. The van der Waals surface area contributed by atoms with Gasteiger partial charge in [0.15, 0.2) is 17.3 Å². The Morgan fingerprint density at radius 1 is 1.20 bits per heavy atom. The molecule has 0 radical (unpaired) electrons. The summed E-state index contributed by atoms with van der Waals surface area (Å²) in [5, 5.41) is 16.4. The van der Waals surface area contributed by atoms with Gasteiger partial charge < -0.3 is 14.8 Å². The Bertz CT molecular complexity index is 1350. The largest absolute Gasteiger partial charge is 0.361 e. The molecule has 150 valence electrons. The van der Waals surface area contributed by atoms with Crippen LogP contribution in [0.2, 0.25) is 0 Å². The fourth-order valence-electron chi connectivity index (χ4n) is 3.45. The van der Waals surface area contributed by atoms with Crippen LogP contribution in [0.15, 0.2) is 53.3 Å². The summed E-state index contributed by atoms with van der Waals surface area (Å²) in [6.07, 6.45) is 4.69. The zero-order valence-corrected chi connectivity index (χ0v) is 16.3. The number of aryl methyl sites for hydroxylation is 1. The molecule has 0 fully saturated rings. The van der Waals surface area contributed by atoms with Crippen LogP contribution in [0.1, 0.15) is 24.1 Å². The first kappa shape index (κ1) is 18.0. The third kappa shape index (κ3) is 3.20. The lowest BCUT2D eigenvalue weighted by molar-refractivity contribution is -0.120. The lowest BCUT2D eigenvalue weighted by Crippen LogP contribution is -2.25. The molecular formula is C21H19N7O2. The molecule has 0 bridgehead atoms. The summed E-state index contributed by atoms with van der Waals surface area (Å²) >= 11 is 0. The van der Waals surface area contributed by atoms with Crippen molar-refractivity contribution in [2.75, 3.05) is 0 Å². The number of carbonyl (C=O) groups excluding carboxylic acids is 1. The van der Waals surface area contributed by atoms with Crippen molar-refractivity contribution in [1.82, 2.24) is 35.0 Å². The molecule has 1 amide bonds. The molecule has 4 heterocycles. The van der Waals surface area contributed by atoms with E-state index in [1.807, 2.05) is 60.1 Å². The first-order valence-corrected chi connectivity index (χ1v) is 9.70.